The molecule has 1 fully saturated rings. The van der Waals surface area contributed by atoms with Crippen LogP contribution in [0.5, 0.6) is 0 Å². The van der Waals surface area contributed by atoms with Crippen molar-refractivity contribution >= 4 is 5.91 Å². The number of carbonyl (C=O) groups excluding carboxylic acids is 1. The Morgan fingerprint density at radius 1 is 1.27 bits per heavy atom. The number of nitrogens with zero attached hydrogens (tertiary/aromatic N) is 3. The lowest BCUT2D eigenvalue weighted by atomic mass is 10.0. The number of carbonyl (C=O) groups is 1. The van der Waals surface area contributed by atoms with Gasteiger partial charge < -0.3 is 14.8 Å². The van der Waals surface area contributed by atoms with Gasteiger partial charge in [-0.2, -0.15) is 5.10 Å². The quantitative estimate of drug-likeness (QED) is 0.622. The first-order valence-electron chi connectivity index (χ1n) is 10.2. The van der Waals surface area contributed by atoms with Crippen molar-refractivity contribution in [2.45, 2.75) is 25.5 Å². The van der Waals surface area contributed by atoms with Crippen LogP contribution in [0.4, 0.5) is 0 Å². The molecule has 4 rings (SSSR count). The molecule has 3 aromatic rings. The number of ether oxygens (including phenoxy) is 2. The SMILES string of the molecule is Cn1cc(-c2ccncc2)c(-c2cccc(CNC(=O)COCC3CCCO3)c2)n1. The van der Waals surface area contributed by atoms with Crippen molar-refractivity contribution in [2.24, 2.45) is 7.05 Å². The molecular formula is C23H26N4O3. The summed E-state index contributed by atoms with van der Waals surface area (Å²) >= 11 is 0. The van der Waals surface area contributed by atoms with Crippen LogP contribution in [0.2, 0.25) is 0 Å². The highest BCUT2D eigenvalue weighted by atomic mass is 16.5. The Balaban J connectivity index is 1.38. The predicted octanol–water partition coefficient (Wildman–Crippen LogP) is 2.96. The molecule has 1 aliphatic rings. The summed E-state index contributed by atoms with van der Waals surface area (Å²) in [5, 5.41) is 7.56. The van der Waals surface area contributed by atoms with Gasteiger partial charge in [0.05, 0.1) is 12.7 Å². The van der Waals surface area contributed by atoms with E-state index in [1.807, 2.05) is 48.3 Å². The van der Waals surface area contributed by atoms with Gasteiger partial charge in [0, 0.05) is 49.9 Å². The van der Waals surface area contributed by atoms with E-state index in [-0.39, 0.29) is 18.6 Å². The van der Waals surface area contributed by atoms with Gasteiger partial charge in [0.2, 0.25) is 5.91 Å². The van der Waals surface area contributed by atoms with Crippen LogP contribution in [0.3, 0.4) is 0 Å². The van der Waals surface area contributed by atoms with Crippen LogP contribution < -0.4 is 5.32 Å². The molecule has 1 amide bonds. The fourth-order valence-corrected chi connectivity index (χ4v) is 3.58. The van der Waals surface area contributed by atoms with Gasteiger partial charge in [0.15, 0.2) is 0 Å². The number of rotatable bonds is 8. The third-order valence-electron chi connectivity index (χ3n) is 5.07. The van der Waals surface area contributed by atoms with Crippen molar-refractivity contribution in [1.82, 2.24) is 20.1 Å². The van der Waals surface area contributed by atoms with Crippen LogP contribution in [0, 0.1) is 0 Å². The molecular weight excluding hydrogens is 380 g/mol. The van der Waals surface area contributed by atoms with E-state index in [2.05, 4.69) is 21.5 Å². The van der Waals surface area contributed by atoms with Crippen LogP contribution in [0.15, 0.2) is 55.0 Å². The van der Waals surface area contributed by atoms with Gasteiger partial charge in [-0.15, -0.1) is 0 Å². The van der Waals surface area contributed by atoms with E-state index in [0.29, 0.717) is 13.2 Å². The Kier molecular flexibility index (Phi) is 6.51. The highest BCUT2D eigenvalue weighted by Crippen LogP contribution is 2.30. The molecule has 1 atom stereocenters. The van der Waals surface area contributed by atoms with Gasteiger partial charge in [-0.25, -0.2) is 0 Å². The second kappa shape index (κ2) is 9.65. The van der Waals surface area contributed by atoms with Crippen LogP contribution in [0.1, 0.15) is 18.4 Å². The molecule has 0 radical (unpaired) electrons. The average Bonchev–Trinajstić information content (AvgIpc) is 3.43. The molecule has 0 spiro atoms. The number of aromatic nitrogens is 3. The summed E-state index contributed by atoms with van der Waals surface area (Å²) < 4.78 is 12.8. The van der Waals surface area contributed by atoms with E-state index in [1.54, 1.807) is 12.4 Å². The number of nitrogens with one attached hydrogen (secondary N) is 1. The first kappa shape index (κ1) is 20.3. The lowest BCUT2D eigenvalue weighted by molar-refractivity contribution is -0.127. The number of amides is 1. The van der Waals surface area contributed by atoms with E-state index >= 15 is 0 Å². The minimum absolute atomic E-state index is 0.0476. The summed E-state index contributed by atoms with van der Waals surface area (Å²) in [6.45, 7) is 1.75. The van der Waals surface area contributed by atoms with Gasteiger partial charge >= 0.3 is 0 Å². The average molecular weight is 406 g/mol. The van der Waals surface area contributed by atoms with Gasteiger partial charge in [-0.1, -0.05) is 18.2 Å². The van der Waals surface area contributed by atoms with Gasteiger partial charge in [0.25, 0.3) is 0 Å². The molecule has 1 unspecified atom stereocenters. The molecule has 156 valence electrons. The van der Waals surface area contributed by atoms with Crippen LogP contribution >= 0.6 is 0 Å². The van der Waals surface area contributed by atoms with Gasteiger partial charge in [-0.05, 0) is 42.2 Å². The Morgan fingerprint density at radius 2 is 2.13 bits per heavy atom. The summed E-state index contributed by atoms with van der Waals surface area (Å²) in [7, 11) is 1.91. The second-order valence-corrected chi connectivity index (χ2v) is 7.43. The highest BCUT2D eigenvalue weighted by molar-refractivity contribution is 5.80. The molecule has 1 aliphatic heterocycles. The first-order chi connectivity index (χ1) is 14.7. The molecule has 1 aromatic carbocycles. The molecule has 0 saturated carbocycles. The van der Waals surface area contributed by atoms with E-state index < -0.39 is 0 Å². The van der Waals surface area contributed by atoms with Crippen molar-refractivity contribution in [3.8, 4) is 22.4 Å². The van der Waals surface area contributed by atoms with Crippen molar-refractivity contribution in [2.75, 3.05) is 19.8 Å². The number of benzene rings is 1. The maximum atomic E-state index is 12.1. The summed E-state index contributed by atoms with van der Waals surface area (Å²) in [6.07, 6.45) is 7.75. The minimum Gasteiger partial charge on any atom is -0.376 e. The topological polar surface area (TPSA) is 78.3 Å². The number of aryl methyl sites for hydroxylation is 1. The zero-order valence-electron chi connectivity index (χ0n) is 17.1. The van der Waals surface area contributed by atoms with Crippen molar-refractivity contribution in [1.29, 1.82) is 0 Å². The lowest BCUT2D eigenvalue weighted by Crippen LogP contribution is -2.28. The Morgan fingerprint density at radius 3 is 2.93 bits per heavy atom. The fraction of sp³-hybridized carbons (Fsp3) is 0.348. The summed E-state index contributed by atoms with van der Waals surface area (Å²) in [6, 6.07) is 12.0. The fourth-order valence-electron chi connectivity index (χ4n) is 3.58. The maximum Gasteiger partial charge on any atom is 0.246 e. The standard InChI is InChI=1S/C23H26N4O3/c1-27-14-21(18-7-9-24-10-8-18)23(26-27)19-5-2-4-17(12-19)13-25-22(28)16-29-15-20-6-3-11-30-20/h2,4-5,7-10,12,14,20H,3,6,11,13,15-16H2,1H3,(H,25,28). The summed E-state index contributed by atoms with van der Waals surface area (Å²) in [4.78, 5) is 16.2. The van der Waals surface area contributed by atoms with Crippen molar-refractivity contribution < 1.29 is 14.3 Å². The van der Waals surface area contributed by atoms with Crippen molar-refractivity contribution in [3.05, 3.63) is 60.6 Å². The molecule has 7 heteroatoms. The lowest BCUT2D eigenvalue weighted by Gasteiger charge is -2.11. The van der Waals surface area contributed by atoms with Crippen molar-refractivity contribution in [3.63, 3.8) is 0 Å². The molecule has 3 heterocycles. The summed E-state index contributed by atoms with van der Waals surface area (Å²) in [5.74, 6) is -0.131. The molecule has 1 N–H and O–H groups in total. The van der Waals surface area contributed by atoms with Gasteiger partial charge in [-0.3, -0.25) is 14.5 Å². The zero-order valence-corrected chi connectivity index (χ0v) is 17.1. The van der Waals surface area contributed by atoms with Crippen LogP contribution in [-0.2, 0) is 27.9 Å². The molecule has 7 nitrogen and oxygen atoms in total. The summed E-state index contributed by atoms with van der Waals surface area (Å²) in [5.41, 5.74) is 5.02. The third-order valence-corrected chi connectivity index (χ3v) is 5.07. The highest BCUT2D eigenvalue weighted by Gasteiger charge is 2.16. The smallest absolute Gasteiger partial charge is 0.246 e. The van der Waals surface area contributed by atoms with E-state index in [4.69, 9.17) is 9.47 Å². The molecule has 0 aliphatic carbocycles. The van der Waals surface area contributed by atoms with E-state index in [9.17, 15) is 4.79 Å². The van der Waals surface area contributed by atoms with Crippen LogP contribution in [-0.4, -0.2) is 46.6 Å². The molecule has 30 heavy (non-hydrogen) atoms. The first-order valence-corrected chi connectivity index (χ1v) is 10.2. The predicted molar refractivity (Wildman–Crippen MR) is 114 cm³/mol. The second-order valence-electron chi connectivity index (χ2n) is 7.43. The molecule has 0 bridgehead atoms. The largest absolute Gasteiger partial charge is 0.376 e. The Hall–Kier alpha value is -3.03. The number of hydrogen-bond donors (Lipinski definition) is 1. The van der Waals surface area contributed by atoms with E-state index in [1.165, 1.54) is 0 Å². The van der Waals surface area contributed by atoms with Gasteiger partial charge in [0.1, 0.15) is 12.3 Å². The molecule has 1 saturated heterocycles. The Bertz CT molecular complexity index is 981. The monoisotopic (exact) mass is 406 g/mol. The maximum absolute atomic E-state index is 12.1. The third kappa shape index (κ3) is 5.11. The minimum atomic E-state index is -0.131. The normalized spacial score (nSPS) is 16.0. The van der Waals surface area contributed by atoms with Crippen LogP contribution in [0.25, 0.3) is 22.4 Å². The number of pyridine rings is 1. The molecule has 2 aromatic heterocycles. The number of hydrogen-bond acceptors (Lipinski definition) is 5. The Labute approximate surface area is 176 Å². The van der Waals surface area contributed by atoms with E-state index in [0.717, 1.165) is 47.4 Å². The zero-order chi connectivity index (χ0) is 20.8.